The van der Waals surface area contributed by atoms with Crippen molar-refractivity contribution in [1.82, 2.24) is 0 Å². The molecule has 0 radical (unpaired) electrons. The number of hydrogen-bond acceptors (Lipinski definition) is 3. The van der Waals surface area contributed by atoms with Gasteiger partial charge < -0.3 is 10.6 Å². The third-order valence-corrected chi connectivity index (χ3v) is 3.94. The second-order valence-corrected chi connectivity index (χ2v) is 5.31. The summed E-state index contributed by atoms with van der Waals surface area (Å²) in [4.78, 5) is 2.34. The van der Waals surface area contributed by atoms with Crippen molar-refractivity contribution in [3.05, 3.63) is 58.7 Å². The van der Waals surface area contributed by atoms with Crippen LogP contribution in [0.1, 0.15) is 22.3 Å². The Hall–Kier alpha value is -2.47. The van der Waals surface area contributed by atoms with Gasteiger partial charge in [-0.15, -0.1) is 0 Å². The molecule has 0 fully saturated rings. The van der Waals surface area contributed by atoms with E-state index in [1.807, 2.05) is 25.1 Å². The summed E-state index contributed by atoms with van der Waals surface area (Å²) in [6.07, 6.45) is 1.04. The van der Waals surface area contributed by atoms with Crippen LogP contribution in [0, 0.1) is 18.3 Å². The Bertz CT molecular complexity index is 698. The molecule has 0 saturated carbocycles. The van der Waals surface area contributed by atoms with Gasteiger partial charge in [-0.2, -0.15) is 5.26 Å². The fourth-order valence-corrected chi connectivity index (χ4v) is 2.77. The Morgan fingerprint density at radius 3 is 2.75 bits per heavy atom. The van der Waals surface area contributed by atoms with Crippen LogP contribution in [0.2, 0.25) is 0 Å². The summed E-state index contributed by atoms with van der Waals surface area (Å²) in [6.45, 7) is 3.87. The van der Waals surface area contributed by atoms with Crippen molar-refractivity contribution in [2.75, 3.05) is 17.2 Å². The number of nitrogen functional groups attached to an aromatic ring is 1. The summed E-state index contributed by atoms with van der Waals surface area (Å²) in [7, 11) is 0. The Kier molecular flexibility index (Phi) is 3.08. The van der Waals surface area contributed by atoms with Gasteiger partial charge in [0.05, 0.1) is 11.6 Å². The maximum absolute atomic E-state index is 9.00. The van der Waals surface area contributed by atoms with Gasteiger partial charge in [-0.3, -0.25) is 0 Å². The molecule has 2 aromatic rings. The lowest BCUT2D eigenvalue weighted by atomic mass is 9.98. The average Bonchev–Trinajstić information content (AvgIpc) is 2.46. The van der Waals surface area contributed by atoms with Crippen LogP contribution in [0.4, 0.5) is 11.4 Å². The Morgan fingerprint density at radius 2 is 2.00 bits per heavy atom. The van der Waals surface area contributed by atoms with Gasteiger partial charge in [-0.25, -0.2) is 0 Å². The van der Waals surface area contributed by atoms with Crippen LogP contribution < -0.4 is 10.6 Å². The van der Waals surface area contributed by atoms with Crippen LogP contribution in [-0.4, -0.2) is 6.54 Å². The van der Waals surface area contributed by atoms with Crippen molar-refractivity contribution in [1.29, 1.82) is 5.26 Å². The molecule has 0 aromatic heterocycles. The minimum atomic E-state index is 0.746. The molecule has 3 heteroatoms. The summed E-state index contributed by atoms with van der Waals surface area (Å²) < 4.78 is 0. The third-order valence-electron chi connectivity index (χ3n) is 3.94. The quantitative estimate of drug-likeness (QED) is 0.805. The van der Waals surface area contributed by atoms with E-state index in [0.717, 1.165) is 36.3 Å². The van der Waals surface area contributed by atoms with Gasteiger partial charge in [0, 0.05) is 24.5 Å². The zero-order chi connectivity index (χ0) is 14.1. The van der Waals surface area contributed by atoms with Crippen molar-refractivity contribution in [2.45, 2.75) is 19.9 Å². The molecule has 3 nitrogen and oxygen atoms in total. The first kappa shape index (κ1) is 12.6. The smallest absolute Gasteiger partial charge is 0.0994 e. The Balaban J connectivity index is 1.90. The molecule has 0 bridgehead atoms. The number of fused-ring (bicyclic) bond motifs is 1. The van der Waals surface area contributed by atoms with E-state index >= 15 is 0 Å². The van der Waals surface area contributed by atoms with Crippen molar-refractivity contribution in [3.63, 3.8) is 0 Å². The summed E-state index contributed by atoms with van der Waals surface area (Å²) >= 11 is 0. The number of aryl methyl sites for hydroxylation is 1. The Morgan fingerprint density at radius 1 is 1.15 bits per heavy atom. The molecule has 0 saturated heterocycles. The first-order chi connectivity index (χ1) is 9.67. The number of rotatable bonds is 1. The number of hydrogen-bond donors (Lipinski definition) is 1. The van der Waals surface area contributed by atoms with Crippen LogP contribution in [0.25, 0.3) is 0 Å². The van der Waals surface area contributed by atoms with Gasteiger partial charge >= 0.3 is 0 Å². The summed E-state index contributed by atoms with van der Waals surface area (Å²) in [5, 5.41) is 9.00. The second-order valence-electron chi connectivity index (χ2n) is 5.31. The average molecular weight is 263 g/mol. The molecule has 2 aromatic carbocycles. The third kappa shape index (κ3) is 2.21. The predicted molar refractivity (Wildman–Crippen MR) is 81.5 cm³/mol. The van der Waals surface area contributed by atoms with E-state index in [-0.39, 0.29) is 0 Å². The molecule has 3 rings (SSSR count). The number of nitriles is 1. The van der Waals surface area contributed by atoms with Gasteiger partial charge in [0.25, 0.3) is 0 Å². The minimum absolute atomic E-state index is 0.746. The van der Waals surface area contributed by atoms with E-state index in [4.69, 9.17) is 11.0 Å². The number of anilines is 2. The molecule has 0 atom stereocenters. The molecule has 0 spiro atoms. The van der Waals surface area contributed by atoms with Gasteiger partial charge in [0.2, 0.25) is 0 Å². The van der Waals surface area contributed by atoms with Gasteiger partial charge in [0.1, 0.15) is 0 Å². The van der Waals surface area contributed by atoms with E-state index in [0.29, 0.717) is 0 Å². The largest absolute Gasteiger partial charge is 0.399 e. The molecule has 1 heterocycles. The highest BCUT2D eigenvalue weighted by atomic mass is 15.1. The van der Waals surface area contributed by atoms with Gasteiger partial charge in [0.15, 0.2) is 0 Å². The zero-order valence-electron chi connectivity index (χ0n) is 11.6. The van der Waals surface area contributed by atoms with Crippen LogP contribution >= 0.6 is 0 Å². The lowest BCUT2D eigenvalue weighted by Crippen LogP contribution is -2.30. The number of nitrogens with zero attached hydrogens (tertiary/aromatic N) is 2. The molecule has 1 aliphatic rings. The normalized spacial score (nSPS) is 13.7. The number of nitrogens with two attached hydrogens (primary N) is 1. The molecule has 1 aliphatic heterocycles. The van der Waals surface area contributed by atoms with Crippen LogP contribution in [0.5, 0.6) is 0 Å². The van der Waals surface area contributed by atoms with Crippen LogP contribution in [-0.2, 0) is 13.0 Å². The predicted octanol–water partition coefficient (Wildman–Crippen LogP) is 3.01. The van der Waals surface area contributed by atoms with Crippen molar-refractivity contribution in [2.24, 2.45) is 0 Å². The van der Waals surface area contributed by atoms with E-state index in [1.165, 1.54) is 16.8 Å². The first-order valence-electron chi connectivity index (χ1n) is 6.80. The van der Waals surface area contributed by atoms with E-state index in [9.17, 15) is 0 Å². The fourth-order valence-electron chi connectivity index (χ4n) is 2.77. The van der Waals surface area contributed by atoms with Crippen LogP contribution in [0.3, 0.4) is 0 Å². The molecule has 0 amide bonds. The monoisotopic (exact) mass is 263 g/mol. The second kappa shape index (κ2) is 4.90. The SMILES string of the molecule is Cc1cc(N2CCc3ccc(N)cc3C2)ccc1C#N. The summed E-state index contributed by atoms with van der Waals surface area (Å²) in [5.74, 6) is 0. The molecular formula is C17H17N3. The summed E-state index contributed by atoms with van der Waals surface area (Å²) in [6, 6.07) is 14.4. The standard InChI is InChI=1S/C17H17N3/c1-12-8-17(5-3-14(12)10-18)20-7-6-13-2-4-16(19)9-15(13)11-20/h2-5,8-9H,6-7,11,19H2,1H3. The maximum Gasteiger partial charge on any atom is 0.0994 e. The molecule has 20 heavy (non-hydrogen) atoms. The van der Waals surface area contributed by atoms with Gasteiger partial charge in [-0.05, 0) is 60.4 Å². The van der Waals surface area contributed by atoms with Gasteiger partial charge in [-0.1, -0.05) is 6.07 Å². The van der Waals surface area contributed by atoms with Crippen molar-refractivity contribution < 1.29 is 0 Å². The highest BCUT2D eigenvalue weighted by molar-refractivity contribution is 5.56. The Labute approximate surface area is 119 Å². The lowest BCUT2D eigenvalue weighted by Gasteiger charge is -2.31. The molecule has 2 N–H and O–H groups in total. The van der Waals surface area contributed by atoms with Crippen LogP contribution in [0.15, 0.2) is 36.4 Å². The van der Waals surface area contributed by atoms with Crippen molar-refractivity contribution >= 4 is 11.4 Å². The molecule has 100 valence electrons. The number of benzene rings is 2. The molecular weight excluding hydrogens is 246 g/mol. The highest BCUT2D eigenvalue weighted by Crippen LogP contribution is 2.27. The fraction of sp³-hybridized carbons (Fsp3) is 0.235. The van der Waals surface area contributed by atoms with E-state index in [2.05, 4.69) is 29.2 Å². The molecule has 0 unspecified atom stereocenters. The highest BCUT2D eigenvalue weighted by Gasteiger charge is 2.17. The van der Waals surface area contributed by atoms with E-state index < -0.39 is 0 Å². The minimum Gasteiger partial charge on any atom is -0.399 e. The first-order valence-corrected chi connectivity index (χ1v) is 6.80. The summed E-state index contributed by atoms with van der Waals surface area (Å²) in [5.41, 5.74) is 12.3. The maximum atomic E-state index is 9.00. The molecule has 0 aliphatic carbocycles. The topological polar surface area (TPSA) is 53.0 Å². The van der Waals surface area contributed by atoms with E-state index in [1.54, 1.807) is 0 Å². The lowest BCUT2D eigenvalue weighted by molar-refractivity contribution is 0.732. The van der Waals surface area contributed by atoms with Crippen molar-refractivity contribution in [3.8, 4) is 6.07 Å². The zero-order valence-corrected chi connectivity index (χ0v) is 11.6.